The standard InChI is InChI=1S/C12H18N8O/c1-8(11-13-15-16-20(11)9-3-4-9)18-5-6-19-10(7-18)14-17(2)12(19)21/h8-9H,3-7H2,1-2H3. The van der Waals surface area contributed by atoms with Crippen LogP contribution in [0.25, 0.3) is 0 Å². The van der Waals surface area contributed by atoms with Gasteiger partial charge < -0.3 is 0 Å². The van der Waals surface area contributed by atoms with E-state index < -0.39 is 0 Å². The molecule has 2 aromatic heterocycles. The van der Waals surface area contributed by atoms with Crippen LogP contribution in [0.2, 0.25) is 0 Å². The summed E-state index contributed by atoms with van der Waals surface area (Å²) in [5.41, 5.74) is -0.0416. The maximum atomic E-state index is 11.9. The summed E-state index contributed by atoms with van der Waals surface area (Å²) in [5, 5.41) is 16.4. The van der Waals surface area contributed by atoms with E-state index in [0.29, 0.717) is 19.1 Å². The fourth-order valence-corrected chi connectivity index (χ4v) is 2.93. The van der Waals surface area contributed by atoms with Crippen molar-refractivity contribution in [2.45, 2.75) is 44.9 Å². The van der Waals surface area contributed by atoms with E-state index in [1.54, 1.807) is 11.6 Å². The van der Waals surface area contributed by atoms with Crippen LogP contribution in [0, 0.1) is 0 Å². The van der Waals surface area contributed by atoms with Gasteiger partial charge in [-0.2, -0.15) is 5.10 Å². The molecule has 2 aliphatic rings. The lowest BCUT2D eigenvalue weighted by atomic mass is 10.2. The quantitative estimate of drug-likeness (QED) is 0.756. The highest BCUT2D eigenvalue weighted by molar-refractivity contribution is 5.00. The largest absolute Gasteiger partial charge is 0.345 e. The van der Waals surface area contributed by atoms with Crippen LogP contribution < -0.4 is 5.69 Å². The summed E-state index contributed by atoms with van der Waals surface area (Å²) in [6, 6.07) is 0.585. The summed E-state index contributed by atoms with van der Waals surface area (Å²) in [4.78, 5) is 14.1. The minimum Gasteiger partial charge on any atom is -0.284 e. The SMILES string of the molecule is CC(c1nnnn1C1CC1)N1CCn2c(nn(C)c2=O)C1. The molecule has 4 rings (SSSR count). The molecule has 1 aliphatic carbocycles. The van der Waals surface area contributed by atoms with Crippen molar-refractivity contribution in [3.05, 3.63) is 22.1 Å². The Morgan fingerprint density at radius 3 is 2.86 bits per heavy atom. The first-order valence-corrected chi connectivity index (χ1v) is 7.29. The molecule has 0 radical (unpaired) electrons. The Labute approximate surface area is 121 Å². The minimum atomic E-state index is -0.0416. The zero-order valence-corrected chi connectivity index (χ0v) is 12.2. The van der Waals surface area contributed by atoms with Gasteiger partial charge in [-0.05, 0) is 30.2 Å². The molecule has 0 bridgehead atoms. The predicted octanol–water partition coefficient (Wildman–Crippen LogP) is -0.520. The van der Waals surface area contributed by atoms with Gasteiger partial charge in [-0.15, -0.1) is 5.10 Å². The number of fused-ring (bicyclic) bond motifs is 1. The number of tetrazole rings is 1. The van der Waals surface area contributed by atoms with Crippen molar-refractivity contribution in [2.75, 3.05) is 6.54 Å². The van der Waals surface area contributed by atoms with E-state index in [2.05, 4.69) is 32.4 Å². The highest BCUT2D eigenvalue weighted by Crippen LogP contribution is 2.36. The molecule has 0 amide bonds. The second kappa shape index (κ2) is 4.48. The maximum Gasteiger partial charge on any atom is 0.345 e. The molecule has 1 fully saturated rings. The van der Waals surface area contributed by atoms with Crippen molar-refractivity contribution < 1.29 is 0 Å². The van der Waals surface area contributed by atoms with Gasteiger partial charge in [0.25, 0.3) is 0 Å². The third-order valence-electron chi connectivity index (χ3n) is 4.37. The van der Waals surface area contributed by atoms with Crippen molar-refractivity contribution >= 4 is 0 Å². The lowest BCUT2D eigenvalue weighted by Gasteiger charge is -2.31. The van der Waals surface area contributed by atoms with Crippen LogP contribution in [0.3, 0.4) is 0 Å². The van der Waals surface area contributed by atoms with Crippen LogP contribution in [0.1, 0.15) is 43.5 Å². The molecule has 9 nitrogen and oxygen atoms in total. The van der Waals surface area contributed by atoms with E-state index in [-0.39, 0.29) is 11.7 Å². The molecule has 0 spiro atoms. The summed E-state index contributed by atoms with van der Waals surface area (Å²) in [6.45, 7) is 4.23. The van der Waals surface area contributed by atoms with Crippen LogP contribution in [0.4, 0.5) is 0 Å². The van der Waals surface area contributed by atoms with Crippen molar-refractivity contribution in [1.82, 2.24) is 39.5 Å². The van der Waals surface area contributed by atoms with Crippen LogP contribution in [-0.2, 0) is 20.1 Å². The monoisotopic (exact) mass is 290 g/mol. The average Bonchev–Trinajstić information content (AvgIpc) is 3.15. The highest BCUT2D eigenvalue weighted by Gasteiger charge is 2.33. The number of nitrogens with zero attached hydrogens (tertiary/aromatic N) is 8. The van der Waals surface area contributed by atoms with Crippen molar-refractivity contribution in [3.8, 4) is 0 Å². The van der Waals surface area contributed by atoms with E-state index in [4.69, 9.17) is 0 Å². The highest BCUT2D eigenvalue weighted by atomic mass is 16.2. The Morgan fingerprint density at radius 1 is 1.29 bits per heavy atom. The summed E-state index contributed by atoms with van der Waals surface area (Å²) >= 11 is 0. The first-order valence-electron chi connectivity index (χ1n) is 7.29. The maximum absolute atomic E-state index is 11.9. The van der Waals surface area contributed by atoms with E-state index in [1.165, 1.54) is 4.68 Å². The number of hydrogen-bond donors (Lipinski definition) is 0. The van der Waals surface area contributed by atoms with Gasteiger partial charge in [-0.25, -0.2) is 14.2 Å². The fraction of sp³-hybridized carbons (Fsp3) is 0.750. The second-order valence-electron chi connectivity index (χ2n) is 5.83. The third-order valence-corrected chi connectivity index (χ3v) is 4.37. The Bertz CT molecular complexity index is 724. The van der Waals surface area contributed by atoms with E-state index >= 15 is 0 Å². The molecule has 1 atom stereocenters. The zero-order chi connectivity index (χ0) is 14.6. The number of aromatic nitrogens is 7. The molecule has 1 unspecified atom stereocenters. The number of rotatable bonds is 3. The van der Waals surface area contributed by atoms with Gasteiger partial charge in [0.05, 0.1) is 18.6 Å². The van der Waals surface area contributed by atoms with Crippen LogP contribution >= 0.6 is 0 Å². The molecule has 3 heterocycles. The van der Waals surface area contributed by atoms with E-state index in [9.17, 15) is 4.79 Å². The van der Waals surface area contributed by atoms with Gasteiger partial charge in [0.1, 0.15) is 5.82 Å². The van der Waals surface area contributed by atoms with Gasteiger partial charge in [-0.3, -0.25) is 9.47 Å². The molecule has 21 heavy (non-hydrogen) atoms. The average molecular weight is 290 g/mol. The summed E-state index contributed by atoms with van der Waals surface area (Å²) < 4.78 is 5.09. The minimum absolute atomic E-state index is 0.0416. The lowest BCUT2D eigenvalue weighted by Crippen LogP contribution is -2.39. The van der Waals surface area contributed by atoms with Crippen molar-refractivity contribution in [2.24, 2.45) is 7.05 Å². The molecule has 0 N–H and O–H groups in total. The topological polar surface area (TPSA) is 86.7 Å². The molecular weight excluding hydrogens is 272 g/mol. The Balaban J connectivity index is 1.59. The zero-order valence-electron chi connectivity index (χ0n) is 12.2. The van der Waals surface area contributed by atoms with Crippen LogP contribution in [0.15, 0.2) is 4.79 Å². The Morgan fingerprint density at radius 2 is 2.10 bits per heavy atom. The summed E-state index contributed by atoms with van der Waals surface area (Å²) in [5.74, 6) is 1.72. The Hall–Kier alpha value is -2.03. The predicted molar refractivity (Wildman–Crippen MR) is 72.4 cm³/mol. The molecule has 112 valence electrons. The van der Waals surface area contributed by atoms with E-state index in [0.717, 1.165) is 31.0 Å². The van der Waals surface area contributed by atoms with Crippen molar-refractivity contribution in [1.29, 1.82) is 0 Å². The molecular formula is C12H18N8O. The smallest absolute Gasteiger partial charge is 0.284 e. The third kappa shape index (κ3) is 1.99. The summed E-state index contributed by atoms with van der Waals surface area (Å²) in [6.07, 6.45) is 2.31. The van der Waals surface area contributed by atoms with E-state index in [1.807, 2.05) is 4.68 Å². The molecule has 9 heteroatoms. The first-order chi connectivity index (χ1) is 10.1. The first kappa shape index (κ1) is 12.7. The molecule has 0 saturated heterocycles. The number of hydrogen-bond acceptors (Lipinski definition) is 6. The van der Waals surface area contributed by atoms with Gasteiger partial charge >= 0.3 is 5.69 Å². The molecule has 1 saturated carbocycles. The van der Waals surface area contributed by atoms with Crippen LogP contribution in [0.5, 0.6) is 0 Å². The summed E-state index contributed by atoms with van der Waals surface area (Å²) in [7, 11) is 1.69. The van der Waals surface area contributed by atoms with Crippen molar-refractivity contribution in [3.63, 3.8) is 0 Å². The molecule has 1 aliphatic heterocycles. The van der Waals surface area contributed by atoms with Crippen LogP contribution in [-0.4, -0.2) is 46.0 Å². The molecule has 2 aromatic rings. The lowest BCUT2D eigenvalue weighted by molar-refractivity contribution is 0.152. The Kier molecular flexibility index (Phi) is 2.71. The normalized spacial score (nSPS) is 20.5. The molecule has 0 aromatic carbocycles. The van der Waals surface area contributed by atoms with Gasteiger partial charge in [0.2, 0.25) is 0 Å². The second-order valence-corrected chi connectivity index (χ2v) is 5.83. The fourth-order valence-electron chi connectivity index (χ4n) is 2.93. The van der Waals surface area contributed by atoms with Gasteiger partial charge in [0.15, 0.2) is 5.82 Å². The number of aryl methyl sites for hydroxylation is 1. The van der Waals surface area contributed by atoms with Gasteiger partial charge in [0, 0.05) is 20.1 Å². The van der Waals surface area contributed by atoms with Gasteiger partial charge in [-0.1, -0.05) is 0 Å².